The van der Waals surface area contributed by atoms with E-state index in [4.69, 9.17) is 4.74 Å². The molecule has 4 nitrogen and oxygen atoms in total. The molecule has 2 aromatic carbocycles. The minimum absolute atomic E-state index is 0.0708. The van der Waals surface area contributed by atoms with Gasteiger partial charge in [0.05, 0.1) is 17.7 Å². The van der Waals surface area contributed by atoms with Gasteiger partial charge in [-0.05, 0) is 50.5 Å². The predicted molar refractivity (Wildman–Crippen MR) is 103 cm³/mol. The monoisotopic (exact) mass is 369 g/mol. The van der Waals surface area contributed by atoms with Crippen molar-refractivity contribution < 1.29 is 14.3 Å². The van der Waals surface area contributed by atoms with Gasteiger partial charge in [0.2, 0.25) is 0 Å². The summed E-state index contributed by atoms with van der Waals surface area (Å²) >= 11 is 1.44. The third kappa shape index (κ3) is 4.28. The second kappa shape index (κ2) is 8.90. The van der Waals surface area contributed by atoms with E-state index in [1.165, 1.54) is 18.2 Å². The standard InChI is InChI=1S/C21H23NO3S/c1-2-25-21(24)17-11-5-7-13-19(17)26-18-12-6-4-10-16(18)20(23)22-14-8-3-9-15-22/h4-7,10-13H,2-3,8-9,14-15H2,1H3. The molecule has 0 radical (unpaired) electrons. The highest BCUT2D eigenvalue weighted by Crippen LogP contribution is 2.34. The molecule has 1 saturated heterocycles. The number of hydrogen-bond donors (Lipinski definition) is 0. The fraction of sp³-hybridized carbons (Fsp3) is 0.333. The van der Waals surface area contributed by atoms with Crippen molar-refractivity contribution in [3.8, 4) is 0 Å². The number of likely N-dealkylation sites (tertiary alicyclic amines) is 1. The van der Waals surface area contributed by atoms with Crippen molar-refractivity contribution in [1.82, 2.24) is 4.90 Å². The predicted octanol–water partition coefficient (Wildman–Crippen LogP) is 4.64. The minimum atomic E-state index is -0.338. The van der Waals surface area contributed by atoms with Crippen LogP contribution in [0.25, 0.3) is 0 Å². The number of rotatable bonds is 5. The first kappa shape index (κ1) is 18.5. The summed E-state index contributed by atoms with van der Waals surface area (Å²) in [6.45, 7) is 3.76. The van der Waals surface area contributed by atoms with E-state index in [1.54, 1.807) is 13.0 Å². The molecule has 0 spiro atoms. The molecule has 2 aromatic rings. The van der Waals surface area contributed by atoms with Crippen LogP contribution in [0.3, 0.4) is 0 Å². The molecule has 1 aliphatic rings. The number of amides is 1. The number of piperidine rings is 1. The maximum absolute atomic E-state index is 13.0. The smallest absolute Gasteiger partial charge is 0.339 e. The van der Waals surface area contributed by atoms with Crippen LogP contribution in [0.4, 0.5) is 0 Å². The molecule has 0 N–H and O–H groups in total. The number of esters is 1. The van der Waals surface area contributed by atoms with Gasteiger partial charge in [-0.1, -0.05) is 36.0 Å². The third-order valence-corrected chi connectivity index (χ3v) is 5.51. The first-order valence-corrected chi connectivity index (χ1v) is 9.84. The van der Waals surface area contributed by atoms with Gasteiger partial charge >= 0.3 is 5.97 Å². The van der Waals surface area contributed by atoms with Gasteiger partial charge in [-0.3, -0.25) is 4.79 Å². The average molecular weight is 369 g/mol. The number of nitrogens with zero attached hydrogens (tertiary/aromatic N) is 1. The van der Waals surface area contributed by atoms with Gasteiger partial charge in [-0.15, -0.1) is 0 Å². The Bertz CT molecular complexity index is 784. The van der Waals surface area contributed by atoms with Crippen LogP contribution in [0, 0.1) is 0 Å². The van der Waals surface area contributed by atoms with Crippen LogP contribution >= 0.6 is 11.8 Å². The van der Waals surface area contributed by atoms with Crippen LogP contribution in [-0.4, -0.2) is 36.5 Å². The molecule has 0 aliphatic carbocycles. The summed E-state index contributed by atoms with van der Waals surface area (Å²) in [7, 11) is 0. The SMILES string of the molecule is CCOC(=O)c1ccccc1Sc1ccccc1C(=O)N1CCCCC1. The summed E-state index contributed by atoms with van der Waals surface area (Å²) in [6, 6.07) is 15.0. The number of hydrogen-bond acceptors (Lipinski definition) is 4. The Morgan fingerprint density at radius 1 is 0.923 bits per heavy atom. The molecule has 1 aliphatic heterocycles. The highest BCUT2D eigenvalue weighted by molar-refractivity contribution is 7.99. The third-order valence-electron chi connectivity index (χ3n) is 4.36. The normalized spacial score (nSPS) is 14.1. The Labute approximate surface area is 158 Å². The zero-order valence-electron chi connectivity index (χ0n) is 14.9. The molecule has 0 atom stereocenters. The van der Waals surface area contributed by atoms with Gasteiger partial charge in [0.25, 0.3) is 5.91 Å². The van der Waals surface area contributed by atoms with Crippen molar-refractivity contribution in [2.75, 3.05) is 19.7 Å². The molecule has 1 fully saturated rings. The van der Waals surface area contributed by atoms with Crippen LogP contribution in [0.1, 0.15) is 46.9 Å². The fourth-order valence-electron chi connectivity index (χ4n) is 3.05. The lowest BCUT2D eigenvalue weighted by Crippen LogP contribution is -2.35. The van der Waals surface area contributed by atoms with Gasteiger partial charge in [0.1, 0.15) is 0 Å². The Kier molecular flexibility index (Phi) is 6.34. The first-order chi connectivity index (χ1) is 12.7. The van der Waals surface area contributed by atoms with Crippen LogP contribution in [0.2, 0.25) is 0 Å². The van der Waals surface area contributed by atoms with Crippen molar-refractivity contribution in [3.05, 3.63) is 59.7 Å². The second-order valence-electron chi connectivity index (χ2n) is 6.17. The van der Waals surface area contributed by atoms with Gasteiger partial charge in [-0.25, -0.2) is 4.79 Å². The molecule has 1 amide bonds. The maximum atomic E-state index is 13.0. The molecule has 0 saturated carbocycles. The zero-order chi connectivity index (χ0) is 18.4. The van der Waals surface area contributed by atoms with E-state index in [0.29, 0.717) is 17.7 Å². The second-order valence-corrected chi connectivity index (χ2v) is 7.25. The highest BCUT2D eigenvalue weighted by atomic mass is 32.2. The number of carbonyl (C=O) groups is 2. The van der Waals surface area contributed by atoms with Crippen molar-refractivity contribution in [1.29, 1.82) is 0 Å². The highest BCUT2D eigenvalue weighted by Gasteiger charge is 2.22. The molecule has 0 bridgehead atoms. The molecular weight excluding hydrogens is 346 g/mol. The quantitative estimate of drug-likeness (QED) is 0.720. The van der Waals surface area contributed by atoms with Crippen molar-refractivity contribution in [2.24, 2.45) is 0 Å². The number of carbonyl (C=O) groups excluding carboxylic acids is 2. The van der Waals surface area contributed by atoms with E-state index in [-0.39, 0.29) is 11.9 Å². The Morgan fingerprint density at radius 3 is 2.15 bits per heavy atom. The molecule has 5 heteroatoms. The van der Waals surface area contributed by atoms with Gasteiger partial charge in [-0.2, -0.15) is 0 Å². The summed E-state index contributed by atoms with van der Waals surface area (Å²) in [5, 5.41) is 0. The fourth-order valence-corrected chi connectivity index (χ4v) is 4.11. The van der Waals surface area contributed by atoms with Crippen LogP contribution in [0.5, 0.6) is 0 Å². The maximum Gasteiger partial charge on any atom is 0.339 e. The van der Waals surface area contributed by atoms with Gasteiger partial charge in [0.15, 0.2) is 0 Å². The molecular formula is C21H23NO3S. The van der Waals surface area contributed by atoms with Gasteiger partial charge < -0.3 is 9.64 Å². The van der Waals surface area contributed by atoms with Gasteiger partial charge in [0, 0.05) is 22.9 Å². The van der Waals surface area contributed by atoms with Crippen LogP contribution in [-0.2, 0) is 4.74 Å². The van der Waals surface area contributed by atoms with E-state index >= 15 is 0 Å². The molecule has 0 aromatic heterocycles. The topological polar surface area (TPSA) is 46.6 Å². The van der Waals surface area contributed by atoms with E-state index in [2.05, 4.69) is 0 Å². The first-order valence-electron chi connectivity index (χ1n) is 9.03. The van der Waals surface area contributed by atoms with Crippen LogP contribution in [0.15, 0.2) is 58.3 Å². The number of benzene rings is 2. The zero-order valence-corrected chi connectivity index (χ0v) is 15.8. The molecule has 26 heavy (non-hydrogen) atoms. The van der Waals surface area contributed by atoms with Crippen molar-refractivity contribution in [3.63, 3.8) is 0 Å². The average Bonchev–Trinajstić information content (AvgIpc) is 2.69. The number of ether oxygens (including phenoxy) is 1. The Balaban J connectivity index is 1.87. The molecule has 3 rings (SSSR count). The molecule has 1 heterocycles. The lowest BCUT2D eigenvalue weighted by Gasteiger charge is -2.27. The Morgan fingerprint density at radius 2 is 1.50 bits per heavy atom. The lowest BCUT2D eigenvalue weighted by molar-refractivity contribution is 0.0522. The van der Waals surface area contributed by atoms with Crippen molar-refractivity contribution >= 4 is 23.6 Å². The largest absolute Gasteiger partial charge is 0.462 e. The van der Waals surface area contributed by atoms with Crippen LogP contribution < -0.4 is 0 Å². The lowest BCUT2D eigenvalue weighted by atomic mass is 10.1. The Hall–Kier alpha value is -2.27. The van der Waals surface area contributed by atoms with E-state index in [1.807, 2.05) is 47.4 Å². The van der Waals surface area contributed by atoms with E-state index < -0.39 is 0 Å². The molecule has 136 valence electrons. The molecule has 0 unspecified atom stereocenters. The minimum Gasteiger partial charge on any atom is -0.462 e. The summed E-state index contributed by atoms with van der Waals surface area (Å²) in [4.78, 5) is 28.8. The van der Waals surface area contributed by atoms with E-state index in [9.17, 15) is 9.59 Å². The van der Waals surface area contributed by atoms with Crippen molar-refractivity contribution in [2.45, 2.75) is 36.0 Å². The summed E-state index contributed by atoms with van der Waals surface area (Å²) in [5.41, 5.74) is 1.22. The van der Waals surface area contributed by atoms with E-state index in [0.717, 1.165) is 35.7 Å². The summed E-state index contributed by atoms with van der Waals surface area (Å²) in [5.74, 6) is -0.267. The summed E-state index contributed by atoms with van der Waals surface area (Å²) in [6.07, 6.45) is 3.31. The summed E-state index contributed by atoms with van der Waals surface area (Å²) < 4.78 is 5.15.